The average Bonchev–Trinajstić information content (AvgIpc) is 3.05. The Balaban J connectivity index is 0.000000500. The van der Waals surface area contributed by atoms with E-state index < -0.39 is 24.3 Å². The molecule has 0 radical (unpaired) electrons. The molecule has 1 fully saturated rings. The molecule has 266 valence electrons. The summed E-state index contributed by atoms with van der Waals surface area (Å²) in [5, 5.41) is 25.2. The van der Waals surface area contributed by atoms with Crippen LogP contribution >= 0.6 is 0 Å². The van der Waals surface area contributed by atoms with Crippen LogP contribution in [0.4, 0.5) is 26.3 Å². The van der Waals surface area contributed by atoms with Crippen molar-refractivity contribution in [1.29, 1.82) is 5.41 Å². The fourth-order valence-electron chi connectivity index (χ4n) is 4.05. The summed E-state index contributed by atoms with van der Waals surface area (Å²) < 4.78 is 75.4. The molecular weight excluding hydrogens is 666 g/mol. The second kappa shape index (κ2) is 18.9. The molecule has 1 saturated heterocycles. The number of piperidine rings is 1. The highest BCUT2D eigenvalue weighted by atomic mass is 19.4. The summed E-state index contributed by atoms with van der Waals surface area (Å²) in [6, 6.07) is 24.4. The molecule has 11 nitrogen and oxygen atoms in total. The first-order chi connectivity index (χ1) is 23.0. The molecule has 0 aromatic heterocycles. The number of nitrogens with two attached hydrogens (primary N) is 1. The summed E-state index contributed by atoms with van der Waals surface area (Å²) in [6.45, 7) is 3.14. The molecule has 0 spiro atoms. The summed E-state index contributed by atoms with van der Waals surface area (Å²) >= 11 is 0. The minimum absolute atomic E-state index is 0.0103. The van der Waals surface area contributed by atoms with Gasteiger partial charge in [0.1, 0.15) is 30.0 Å². The average molecular weight is 701 g/mol. The molecular formula is C32H34F6N4O7. The number of nitrogens with one attached hydrogen (secondary N) is 2. The summed E-state index contributed by atoms with van der Waals surface area (Å²) in [5.41, 5.74) is 7.83. The topological polar surface area (TPSA) is 175 Å². The standard InChI is InChI=1S/C28H32N4O3.2C2HF3O2/c29-27(30)23-7-4-8-26(19-23)34-18-17-32(20-21-5-2-1-3-6-21)28(33)22-9-11-24(12-10-22)35-25-13-15-31-16-14-25;2*3-2(4,5)1(6)7/h1-12,19,25,31H,13-18,20H2,(H3,29,30);2*(H,6,7). The van der Waals surface area contributed by atoms with Crippen LogP contribution in [0.2, 0.25) is 0 Å². The van der Waals surface area contributed by atoms with Crippen molar-refractivity contribution in [3.8, 4) is 11.5 Å². The molecule has 0 unspecified atom stereocenters. The van der Waals surface area contributed by atoms with Gasteiger partial charge in [-0.1, -0.05) is 42.5 Å². The number of hydrogen-bond donors (Lipinski definition) is 5. The van der Waals surface area contributed by atoms with Crippen molar-refractivity contribution in [3.63, 3.8) is 0 Å². The van der Waals surface area contributed by atoms with E-state index in [0.29, 0.717) is 36.6 Å². The normalized spacial score (nSPS) is 13.0. The maximum atomic E-state index is 13.4. The number of nitrogen functional groups attached to an aromatic ring is 1. The van der Waals surface area contributed by atoms with Crippen LogP contribution in [0, 0.1) is 5.41 Å². The molecule has 1 aliphatic heterocycles. The van der Waals surface area contributed by atoms with Gasteiger partial charge >= 0.3 is 24.3 Å². The van der Waals surface area contributed by atoms with Gasteiger partial charge in [-0.25, -0.2) is 9.59 Å². The third-order valence-corrected chi connectivity index (χ3v) is 6.45. The van der Waals surface area contributed by atoms with Crippen LogP contribution in [-0.4, -0.2) is 83.5 Å². The Bertz CT molecular complexity index is 1490. The van der Waals surface area contributed by atoms with Gasteiger partial charge in [-0.15, -0.1) is 0 Å². The first kappa shape index (κ1) is 39.9. The van der Waals surface area contributed by atoms with Crippen LogP contribution in [0.25, 0.3) is 0 Å². The molecule has 3 aromatic carbocycles. The number of amides is 1. The Kier molecular flexibility index (Phi) is 15.4. The first-order valence-electron chi connectivity index (χ1n) is 14.5. The van der Waals surface area contributed by atoms with Gasteiger partial charge in [-0.3, -0.25) is 10.2 Å². The van der Waals surface area contributed by atoms with Crippen LogP contribution in [0.3, 0.4) is 0 Å². The Labute approximate surface area is 276 Å². The fourth-order valence-corrected chi connectivity index (χ4v) is 4.05. The molecule has 1 amide bonds. The van der Waals surface area contributed by atoms with Crippen molar-refractivity contribution in [2.24, 2.45) is 5.73 Å². The van der Waals surface area contributed by atoms with E-state index in [1.54, 1.807) is 23.1 Å². The Morgan fingerprint density at radius 3 is 1.88 bits per heavy atom. The summed E-state index contributed by atoms with van der Waals surface area (Å²) in [7, 11) is 0. The Morgan fingerprint density at radius 2 is 1.37 bits per heavy atom. The van der Waals surface area contributed by atoms with E-state index in [9.17, 15) is 31.1 Å². The van der Waals surface area contributed by atoms with Crippen molar-refractivity contribution in [1.82, 2.24) is 10.2 Å². The lowest BCUT2D eigenvalue weighted by Gasteiger charge is -2.25. The van der Waals surface area contributed by atoms with E-state index in [0.717, 1.165) is 37.2 Å². The molecule has 4 rings (SSSR count). The van der Waals surface area contributed by atoms with Gasteiger partial charge < -0.3 is 35.6 Å². The third-order valence-electron chi connectivity index (χ3n) is 6.45. The highest BCUT2D eigenvalue weighted by Crippen LogP contribution is 2.20. The summed E-state index contributed by atoms with van der Waals surface area (Å²) in [6.07, 6.45) is -7.98. The monoisotopic (exact) mass is 700 g/mol. The molecule has 1 heterocycles. The van der Waals surface area contributed by atoms with E-state index in [2.05, 4.69) is 5.32 Å². The fraction of sp³-hybridized carbons (Fsp3) is 0.312. The molecule has 3 aromatic rings. The SMILES string of the molecule is N=C(N)c1cccc(OCCN(Cc2ccccc2)C(=O)c2ccc(OC3CCNCC3)cc2)c1.O=C(O)C(F)(F)F.O=C(O)C(F)(F)F. The van der Waals surface area contributed by atoms with Gasteiger partial charge in [0.25, 0.3) is 5.91 Å². The van der Waals surface area contributed by atoms with Crippen molar-refractivity contribution < 1.29 is 60.4 Å². The van der Waals surface area contributed by atoms with Crippen LogP contribution in [0.5, 0.6) is 11.5 Å². The van der Waals surface area contributed by atoms with E-state index in [4.69, 9.17) is 40.4 Å². The number of nitrogens with zero attached hydrogens (tertiary/aromatic N) is 1. The lowest BCUT2D eigenvalue weighted by atomic mass is 10.1. The Hall–Kier alpha value is -5.32. The predicted octanol–water partition coefficient (Wildman–Crippen LogP) is 5.09. The summed E-state index contributed by atoms with van der Waals surface area (Å²) in [4.78, 5) is 33.0. The molecule has 0 bridgehead atoms. The number of alkyl halides is 6. The zero-order chi connectivity index (χ0) is 36.6. The Morgan fingerprint density at radius 1 is 0.816 bits per heavy atom. The van der Waals surface area contributed by atoms with Gasteiger partial charge in [0.15, 0.2) is 0 Å². The number of carbonyl (C=O) groups excluding carboxylic acids is 1. The number of amidine groups is 1. The first-order valence-corrected chi connectivity index (χ1v) is 14.5. The highest BCUT2D eigenvalue weighted by Gasteiger charge is 2.38. The van der Waals surface area contributed by atoms with Gasteiger partial charge in [0.2, 0.25) is 0 Å². The summed E-state index contributed by atoms with van der Waals surface area (Å²) in [5.74, 6) is -4.19. The largest absolute Gasteiger partial charge is 0.492 e. The van der Waals surface area contributed by atoms with Crippen LogP contribution < -0.4 is 20.5 Å². The number of halogens is 6. The number of hydrogen-bond acceptors (Lipinski definition) is 7. The zero-order valence-electron chi connectivity index (χ0n) is 25.8. The number of rotatable bonds is 10. The smallest absolute Gasteiger partial charge is 0.490 e. The number of aliphatic carboxylic acids is 2. The molecule has 17 heteroatoms. The van der Waals surface area contributed by atoms with E-state index >= 15 is 0 Å². The molecule has 6 N–H and O–H groups in total. The predicted molar refractivity (Wildman–Crippen MR) is 164 cm³/mol. The van der Waals surface area contributed by atoms with Crippen LogP contribution in [-0.2, 0) is 16.1 Å². The van der Waals surface area contributed by atoms with Crippen molar-refractivity contribution in [3.05, 3.63) is 95.6 Å². The molecule has 0 saturated carbocycles. The quantitative estimate of drug-likeness (QED) is 0.110. The second-order valence-corrected chi connectivity index (χ2v) is 10.2. The zero-order valence-corrected chi connectivity index (χ0v) is 25.8. The molecule has 1 aliphatic rings. The minimum Gasteiger partial charge on any atom is -0.492 e. The number of carboxylic acid groups (broad SMARTS) is 2. The lowest BCUT2D eigenvalue weighted by molar-refractivity contribution is -0.193. The third kappa shape index (κ3) is 15.0. The second-order valence-electron chi connectivity index (χ2n) is 10.2. The van der Waals surface area contributed by atoms with Crippen molar-refractivity contribution in [2.45, 2.75) is 37.8 Å². The van der Waals surface area contributed by atoms with Crippen molar-refractivity contribution in [2.75, 3.05) is 26.2 Å². The van der Waals surface area contributed by atoms with E-state index in [1.165, 1.54) is 0 Å². The number of carbonyl (C=O) groups is 3. The minimum atomic E-state index is -5.08. The van der Waals surface area contributed by atoms with Gasteiger partial charge in [-0.05, 0) is 67.9 Å². The van der Waals surface area contributed by atoms with E-state index in [-0.39, 0.29) is 17.8 Å². The highest BCUT2D eigenvalue weighted by molar-refractivity contribution is 5.95. The van der Waals surface area contributed by atoms with Gasteiger partial charge in [-0.2, -0.15) is 26.3 Å². The lowest BCUT2D eigenvalue weighted by Crippen LogP contribution is -2.34. The van der Waals surface area contributed by atoms with Crippen LogP contribution in [0.1, 0.15) is 34.3 Å². The van der Waals surface area contributed by atoms with Gasteiger partial charge in [0.05, 0.1) is 6.54 Å². The number of ether oxygens (including phenoxy) is 2. The van der Waals surface area contributed by atoms with E-state index in [1.807, 2.05) is 60.7 Å². The molecule has 0 aliphatic carbocycles. The molecule has 0 atom stereocenters. The molecule has 49 heavy (non-hydrogen) atoms. The van der Waals surface area contributed by atoms with Crippen LogP contribution in [0.15, 0.2) is 78.9 Å². The maximum Gasteiger partial charge on any atom is 0.490 e. The number of carboxylic acids is 2. The van der Waals surface area contributed by atoms with Gasteiger partial charge in [0, 0.05) is 17.7 Å². The maximum absolute atomic E-state index is 13.4. The van der Waals surface area contributed by atoms with Crippen molar-refractivity contribution >= 4 is 23.7 Å². The number of benzene rings is 3.